The molecule has 1 aromatic carbocycles. The monoisotopic (exact) mass is 316 g/mol. The smallest absolute Gasteiger partial charge is 0.265 e. The van der Waals surface area contributed by atoms with Crippen LogP contribution in [0.1, 0.15) is 39.9 Å². The minimum absolute atomic E-state index is 0.0181. The van der Waals surface area contributed by atoms with Crippen molar-refractivity contribution in [2.75, 3.05) is 10.6 Å². The predicted molar refractivity (Wildman–Crippen MR) is 91.7 cm³/mol. The molecule has 0 aliphatic heterocycles. The zero-order chi connectivity index (χ0) is 16.1. The van der Waals surface area contributed by atoms with Crippen LogP contribution in [-0.4, -0.2) is 11.8 Å². The molecular formula is C17H20N2O2S. The van der Waals surface area contributed by atoms with Gasteiger partial charge in [0.15, 0.2) is 0 Å². The Balaban J connectivity index is 2.06. The van der Waals surface area contributed by atoms with Crippen LogP contribution in [0.4, 0.5) is 11.4 Å². The molecule has 2 rings (SSSR count). The van der Waals surface area contributed by atoms with Crippen molar-refractivity contribution in [3.05, 3.63) is 45.6 Å². The number of hydrogen-bond acceptors (Lipinski definition) is 3. The van der Waals surface area contributed by atoms with Gasteiger partial charge in [0.1, 0.15) is 0 Å². The van der Waals surface area contributed by atoms with Gasteiger partial charge >= 0.3 is 0 Å². The van der Waals surface area contributed by atoms with Gasteiger partial charge in [-0.3, -0.25) is 9.59 Å². The Morgan fingerprint density at radius 1 is 1.09 bits per heavy atom. The van der Waals surface area contributed by atoms with Crippen molar-refractivity contribution in [1.29, 1.82) is 0 Å². The van der Waals surface area contributed by atoms with Crippen molar-refractivity contribution in [2.45, 2.75) is 33.6 Å². The fourth-order valence-electron chi connectivity index (χ4n) is 2.00. The number of amides is 2. The van der Waals surface area contributed by atoms with Crippen LogP contribution in [0.15, 0.2) is 30.3 Å². The second kappa shape index (κ2) is 7.22. The SMILES string of the molecule is CCCC(=O)Nc1cccc(NC(=O)c2cc(C)c(C)s2)c1. The lowest BCUT2D eigenvalue weighted by Gasteiger charge is -2.08. The van der Waals surface area contributed by atoms with E-state index >= 15 is 0 Å². The van der Waals surface area contributed by atoms with E-state index in [0.29, 0.717) is 22.7 Å². The zero-order valence-corrected chi connectivity index (χ0v) is 13.8. The summed E-state index contributed by atoms with van der Waals surface area (Å²) >= 11 is 1.48. The summed E-state index contributed by atoms with van der Waals surface area (Å²) in [4.78, 5) is 25.7. The minimum atomic E-state index is -0.127. The molecule has 0 aliphatic carbocycles. The minimum Gasteiger partial charge on any atom is -0.326 e. The lowest BCUT2D eigenvalue weighted by atomic mass is 10.2. The van der Waals surface area contributed by atoms with Gasteiger partial charge in [0.25, 0.3) is 5.91 Å². The van der Waals surface area contributed by atoms with Gasteiger partial charge < -0.3 is 10.6 Å². The molecule has 4 nitrogen and oxygen atoms in total. The van der Waals surface area contributed by atoms with Crippen LogP contribution < -0.4 is 10.6 Å². The van der Waals surface area contributed by atoms with E-state index in [1.54, 1.807) is 12.1 Å². The average Bonchev–Trinajstić information content (AvgIpc) is 2.79. The van der Waals surface area contributed by atoms with Crippen molar-refractivity contribution < 1.29 is 9.59 Å². The Labute approximate surface area is 134 Å². The maximum atomic E-state index is 12.2. The summed E-state index contributed by atoms with van der Waals surface area (Å²) in [5.41, 5.74) is 2.48. The van der Waals surface area contributed by atoms with Crippen molar-refractivity contribution in [3.8, 4) is 0 Å². The summed E-state index contributed by atoms with van der Waals surface area (Å²) < 4.78 is 0. The maximum Gasteiger partial charge on any atom is 0.265 e. The number of anilines is 2. The van der Waals surface area contributed by atoms with Crippen molar-refractivity contribution in [2.24, 2.45) is 0 Å². The first-order valence-electron chi connectivity index (χ1n) is 7.28. The summed E-state index contributed by atoms with van der Waals surface area (Å²) in [5.74, 6) is -0.145. The molecular weight excluding hydrogens is 296 g/mol. The van der Waals surface area contributed by atoms with E-state index < -0.39 is 0 Å². The second-order valence-corrected chi connectivity index (χ2v) is 6.44. The fourth-order valence-corrected chi connectivity index (χ4v) is 2.93. The van der Waals surface area contributed by atoms with E-state index in [1.165, 1.54) is 11.3 Å². The molecule has 0 bridgehead atoms. The Kier molecular flexibility index (Phi) is 5.33. The van der Waals surface area contributed by atoms with E-state index in [0.717, 1.165) is 16.9 Å². The quantitative estimate of drug-likeness (QED) is 0.861. The summed E-state index contributed by atoms with van der Waals surface area (Å²) in [6.07, 6.45) is 1.30. The summed E-state index contributed by atoms with van der Waals surface area (Å²) in [6, 6.07) is 9.08. The van der Waals surface area contributed by atoms with Crippen molar-refractivity contribution in [3.63, 3.8) is 0 Å². The van der Waals surface area contributed by atoms with Gasteiger partial charge in [0.05, 0.1) is 4.88 Å². The van der Waals surface area contributed by atoms with Crippen LogP contribution in [0.2, 0.25) is 0 Å². The number of rotatable bonds is 5. The number of carbonyl (C=O) groups is 2. The van der Waals surface area contributed by atoms with Crippen LogP contribution in [-0.2, 0) is 4.79 Å². The molecule has 116 valence electrons. The highest BCUT2D eigenvalue weighted by Gasteiger charge is 2.11. The summed E-state index contributed by atoms with van der Waals surface area (Å²) in [5, 5.41) is 5.69. The lowest BCUT2D eigenvalue weighted by molar-refractivity contribution is -0.116. The van der Waals surface area contributed by atoms with Gasteiger partial charge in [-0.05, 0) is 50.1 Å². The first-order valence-corrected chi connectivity index (χ1v) is 8.09. The van der Waals surface area contributed by atoms with Crippen molar-refractivity contribution in [1.82, 2.24) is 0 Å². The molecule has 0 spiro atoms. The molecule has 1 heterocycles. The maximum absolute atomic E-state index is 12.2. The Bertz CT molecular complexity index is 672. The number of nitrogens with one attached hydrogen (secondary N) is 2. The highest BCUT2D eigenvalue weighted by molar-refractivity contribution is 7.14. The molecule has 0 fully saturated rings. The standard InChI is InChI=1S/C17H20N2O2S/c1-4-6-16(20)18-13-7-5-8-14(10-13)19-17(21)15-9-11(2)12(3)22-15/h5,7-10H,4,6H2,1-3H3,(H,18,20)(H,19,21). The van der Waals surface area contributed by atoms with Gasteiger partial charge in [0, 0.05) is 22.7 Å². The molecule has 5 heteroatoms. The molecule has 2 aromatic rings. The molecule has 0 aliphatic rings. The lowest BCUT2D eigenvalue weighted by Crippen LogP contribution is -2.12. The number of aryl methyl sites for hydroxylation is 2. The largest absolute Gasteiger partial charge is 0.326 e. The normalized spacial score (nSPS) is 10.3. The van der Waals surface area contributed by atoms with Crippen LogP contribution in [0.3, 0.4) is 0 Å². The molecule has 0 saturated heterocycles. The van der Waals surface area contributed by atoms with Crippen LogP contribution in [0, 0.1) is 13.8 Å². The molecule has 0 radical (unpaired) electrons. The molecule has 1 aromatic heterocycles. The highest BCUT2D eigenvalue weighted by atomic mass is 32.1. The molecule has 2 N–H and O–H groups in total. The molecule has 0 saturated carbocycles. The number of carbonyl (C=O) groups excluding carboxylic acids is 2. The van der Waals surface area contributed by atoms with Crippen LogP contribution in [0.25, 0.3) is 0 Å². The average molecular weight is 316 g/mol. The van der Waals surface area contributed by atoms with E-state index in [2.05, 4.69) is 10.6 Å². The third-order valence-electron chi connectivity index (χ3n) is 3.27. The first kappa shape index (κ1) is 16.2. The van der Waals surface area contributed by atoms with Gasteiger partial charge in [-0.15, -0.1) is 11.3 Å². The predicted octanol–water partition coefficient (Wildman–Crippen LogP) is 4.36. The number of benzene rings is 1. The van der Waals surface area contributed by atoms with Gasteiger partial charge in [-0.1, -0.05) is 13.0 Å². The van der Waals surface area contributed by atoms with E-state index in [9.17, 15) is 9.59 Å². The molecule has 0 unspecified atom stereocenters. The van der Waals surface area contributed by atoms with Crippen LogP contribution >= 0.6 is 11.3 Å². The second-order valence-electron chi connectivity index (χ2n) is 5.18. The Hall–Kier alpha value is -2.14. The van der Waals surface area contributed by atoms with Gasteiger partial charge in [-0.25, -0.2) is 0 Å². The third kappa shape index (κ3) is 4.18. The van der Waals surface area contributed by atoms with E-state index in [-0.39, 0.29) is 11.8 Å². The van der Waals surface area contributed by atoms with Gasteiger partial charge in [-0.2, -0.15) is 0 Å². The van der Waals surface area contributed by atoms with E-state index in [1.807, 2.05) is 39.0 Å². The third-order valence-corrected chi connectivity index (χ3v) is 4.42. The molecule has 2 amide bonds. The zero-order valence-electron chi connectivity index (χ0n) is 13.0. The summed E-state index contributed by atoms with van der Waals surface area (Å²) in [6.45, 7) is 5.95. The molecule has 0 atom stereocenters. The fraction of sp³-hybridized carbons (Fsp3) is 0.294. The van der Waals surface area contributed by atoms with Gasteiger partial charge in [0.2, 0.25) is 5.91 Å². The number of thiophene rings is 1. The van der Waals surface area contributed by atoms with Crippen LogP contribution in [0.5, 0.6) is 0 Å². The van der Waals surface area contributed by atoms with Crippen molar-refractivity contribution >= 4 is 34.5 Å². The Morgan fingerprint density at radius 3 is 2.36 bits per heavy atom. The summed E-state index contributed by atoms with van der Waals surface area (Å²) in [7, 11) is 0. The first-order chi connectivity index (χ1) is 10.5. The van der Waals surface area contributed by atoms with E-state index in [4.69, 9.17) is 0 Å². The highest BCUT2D eigenvalue weighted by Crippen LogP contribution is 2.22. The number of hydrogen-bond donors (Lipinski definition) is 2. The Morgan fingerprint density at radius 2 is 1.77 bits per heavy atom. The topological polar surface area (TPSA) is 58.2 Å². The molecule has 22 heavy (non-hydrogen) atoms.